The Morgan fingerprint density at radius 3 is 2.55 bits per heavy atom. The van der Waals surface area contributed by atoms with E-state index in [0.29, 0.717) is 12.0 Å². The van der Waals surface area contributed by atoms with E-state index in [-0.39, 0.29) is 12.0 Å². The zero-order valence-electron chi connectivity index (χ0n) is 19.2. The first-order chi connectivity index (χ1) is 15.7. The lowest BCUT2D eigenvalue weighted by molar-refractivity contribution is 0.0929. The van der Waals surface area contributed by atoms with Gasteiger partial charge in [-0.25, -0.2) is 8.78 Å². The number of hydrogen-bond donors (Lipinski definition) is 2. The maximum absolute atomic E-state index is 13.7. The molecule has 0 amide bonds. The first-order valence-electron chi connectivity index (χ1n) is 11.1. The third kappa shape index (κ3) is 6.46. The number of H-pyrrole nitrogens is 1. The van der Waals surface area contributed by atoms with E-state index in [9.17, 15) is 13.9 Å². The summed E-state index contributed by atoms with van der Waals surface area (Å²) >= 11 is 5.87. The molecule has 176 valence electrons. The van der Waals surface area contributed by atoms with E-state index in [0.717, 1.165) is 64.9 Å². The number of piperidine rings is 1. The molecule has 0 radical (unpaired) electrons. The summed E-state index contributed by atoms with van der Waals surface area (Å²) in [4.78, 5) is 5.40. The van der Waals surface area contributed by atoms with Gasteiger partial charge in [0.05, 0.1) is 6.10 Å². The van der Waals surface area contributed by atoms with Crippen LogP contribution in [0.2, 0.25) is 5.02 Å². The van der Waals surface area contributed by atoms with Gasteiger partial charge in [-0.2, -0.15) is 0 Å². The zero-order chi connectivity index (χ0) is 24.1. The van der Waals surface area contributed by atoms with Gasteiger partial charge in [0.1, 0.15) is 0 Å². The second-order valence-electron chi connectivity index (χ2n) is 8.72. The molecule has 1 aliphatic heterocycles. The summed E-state index contributed by atoms with van der Waals surface area (Å²) in [5, 5.41) is 11.4. The van der Waals surface area contributed by atoms with Crippen LogP contribution in [0, 0.1) is 17.6 Å². The molecule has 2 aromatic carbocycles. The molecule has 6 heteroatoms. The number of likely N-dealkylation sites (tertiary alicyclic amines) is 1. The highest BCUT2D eigenvalue weighted by molar-refractivity contribution is 6.31. The van der Waals surface area contributed by atoms with Gasteiger partial charge in [0.2, 0.25) is 0 Å². The Morgan fingerprint density at radius 2 is 1.88 bits per heavy atom. The predicted molar refractivity (Wildman–Crippen MR) is 133 cm³/mol. The minimum Gasteiger partial charge on any atom is -0.393 e. The van der Waals surface area contributed by atoms with E-state index >= 15 is 0 Å². The molecule has 2 N–H and O–H groups in total. The molecule has 1 unspecified atom stereocenters. The Hall–Kier alpha value is -2.63. The van der Waals surface area contributed by atoms with Gasteiger partial charge in [-0.3, -0.25) is 0 Å². The van der Waals surface area contributed by atoms with Crippen molar-refractivity contribution >= 4 is 28.1 Å². The number of allylic oxidation sites excluding steroid dienone is 2. The van der Waals surface area contributed by atoms with Crippen molar-refractivity contribution in [2.75, 3.05) is 13.1 Å². The second kappa shape index (κ2) is 11.0. The van der Waals surface area contributed by atoms with Gasteiger partial charge in [-0.05, 0) is 73.6 Å². The van der Waals surface area contributed by atoms with Crippen molar-refractivity contribution in [3.05, 3.63) is 89.2 Å². The lowest BCUT2D eigenvalue weighted by Gasteiger charge is -2.35. The summed E-state index contributed by atoms with van der Waals surface area (Å²) in [6, 6.07) is 12.1. The molecule has 0 bridgehead atoms. The van der Waals surface area contributed by atoms with E-state index < -0.39 is 11.6 Å². The van der Waals surface area contributed by atoms with E-state index in [4.69, 9.17) is 11.6 Å². The number of benzene rings is 2. The smallest absolute Gasteiger partial charge is 0.162 e. The lowest BCUT2D eigenvalue weighted by atomic mass is 9.96. The number of rotatable bonds is 5. The van der Waals surface area contributed by atoms with Crippen molar-refractivity contribution in [2.24, 2.45) is 5.92 Å². The number of aliphatic hydroxyl groups excluding tert-OH is 1. The van der Waals surface area contributed by atoms with Crippen molar-refractivity contribution in [1.82, 2.24) is 9.88 Å². The van der Waals surface area contributed by atoms with Gasteiger partial charge in [-0.15, -0.1) is 0 Å². The summed E-state index contributed by atoms with van der Waals surface area (Å²) in [7, 11) is 0. The van der Waals surface area contributed by atoms with Crippen LogP contribution < -0.4 is 0 Å². The zero-order valence-corrected chi connectivity index (χ0v) is 19.9. The van der Waals surface area contributed by atoms with Crippen LogP contribution in [0.1, 0.15) is 37.9 Å². The third-order valence-corrected chi connectivity index (χ3v) is 6.27. The maximum Gasteiger partial charge on any atom is 0.162 e. The highest BCUT2D eigenvalue weighted by atomic mass is 35.5. The fraction of sp³-hybridized carbons (Fsp3) is 0.333. The molecule has 1 aliphatic rings. The lowest BCUT2D eigenvalue weighted by Crippen LogP contribution is -2.36. The number of hydrogen-bond acceptors (Lipinski definition) is 2. The molecule has 33 heavy (non-hydrogen) atoms. The Morgan fingerprint density at radius 1 is 1.18 bits per heavy atom. The van der Waals surface area contributed by atoms with Crippen LogP contribution >= 0.6 is 11.6 Å². The average molecular weight is 473 g/mol. The van der Waals surface area contributed by atoms with Crippen molar-refractivity contribution in [3.63, 3.8) is 0 Å². The summed E-state index contributed by atoms with van der Waals surface area (Å²) in [6.07, 6.45) is 1.68. The standard InChI is InChI=1S/C16H21F2NO.C11H10ClN/c1-11(10-13-4-3-5-15(17)16(13)18)12(2)19-8-6-14(20)7-9-19;1-7(2)11-6-8-5-9(12)3-4-10(8)13-11/h3-5,11,14,20H,2,6-10H2,1H3;3-6,13H,1H2,2H3. The van der Waals surface area contributed by atoms with E-state index in [2.05, 4.69) is 29.1 Å². The van der Waals surface area contributed by atoms with Crippen LogP contribution in [0.3, 0.4) is 0 Å². The van der Waals surface area contributed by atoms with Gasteiger partial charge < -0.3 is 15.0 Å². The average Bonchev–Trinajstić information content (AvgIpc) is 3.21. The van der Waals surface area contributed by atoms with Gasteiger partial charge in [0, 0.05) is 40.4 Å². The topological polar surface area (TPSA) is 39.3 Å². The number of aromatic nitrogens is 1. The Labute approximate surface area is 199 Å². The van der Waals surface area contributed by atoms with Crippen molar-refractivity contribution in [1.29, 1.82) is 0 Å². The Kier molecular flexibility index (Phi) is 8.33. The normalized spacial score (nSPS) is 15.2. The molecule has 0 saturated carbocycles. The van der Waals surface area contributed by atoms with Crippen LogP contribution in [0.5, 0.6) is 0 Å². The predicted octanol–water partition coefficient (Wildman–Crippen LogP) is 6.97. The van der Waals surface area contributed by atoms with Gasteiger partial charge in [-0.1, -0.05) is 43.8 Å². The summed E-state index contributed by atoms with van der Waals surface area (Å²) in [5.41, 5.74) is 4.52. The molecule has 1 aromatic heterocycles. The summed E-state index contributed by atoms with van der Waals surface area (Å²) in [6.45, 7) is 13.5. The first-order valence-corrected chi connectivity index (χ1v) is 11.5. The van der Waals surface area contributed by atoms with Crippen LogP contribution in [-0.2, 0) is 6.42 Å². The molecule has 1 fully saturated rings. The number of aromatic amines is 1. The number of fused-ring (bicyclic) bond motifs is 1. The maximum atomic E-state index is 13.7. The highest BCUT2D eigenvalue weighted by Gasteiger charge is 2.22. The summed E-state index contributed by atoms with van der Waals surface area (Å²) in [5.74, 6) is -1.52. The monoisotopic (exact) mass is 472 g/mol. The van der Waals surface area contributed by atoms with Crippen LogP contribution in [0.15, 0.2) is 61.3 Å². The van der Waals surface area contributed by atoms with Crippen molar-refractivity contribution in [2.45, 2.75) is 39.2 Å². The van der Waals surface area contributed by atoms with E-state index in [1.54, 1.807) is 6.07 Å². The largest absolute Gasteiger partial charge is 0.393 e. The minimum atomic E-state index is -0.804. The van der Waals surface area contributed by atoms with E-state index in [1.165, 1.54) is 6.07 Å². The van der Waals surface area contributed by atoms with Crippen molar-refractivity contribution < 1.29 is 13.9 Å². The minimum absolute atomic E-state index is 0.0431. The number of halogens is 3. The van der Waals surface area contributed by atoms with Crippen LogP contribution in [0.25, 0.3) is 16.5 Å². The molecule has 1 atom stereocenters. The fourth-order valence-corrected chi connectivity index (χ4v) is 4.13. The number of aliphatic hydroxyl groups is 1. The second-order valence-corrected chi connectivity index (χ2v) is 9.16. The molecule has 0 spiro atoms. The summed E-state index contributed by atoms with van der Waals surface area (Å²) < 4.78 is 26.9. The molecule has 0 aliphatic carbocycles. The van der Waals surface area contributed by atoms with Crippen LogP contribution in [-0.4, -0.2) is 34.2 Å². The van der Waals surface area contributed by atoms with Crippen LogP contribution in [0.4, 0.5) is 8.78 Å². The molecule has 2 heterocycles. The van der Waals surface area contributed by atoms with Gasteiger partial charge in [0.15, 0.2) is 11.6 Å². The number of nitrogens with zero attached hydrogens (tertiary/aromatic N) is 1. The van der Waals surface area contributed by atoms with E-state index in [1.807, 2.05) is 32.0 Å². The quantitative estimate of drug-likeness (QED) is 0.421. The molecular weight excluding hydrogens is 442 g/mol. The van der Waals surface area contributed by atoms with Gasteiger partial charge >= 0.3 is 0 Å². The molecule has 1 saturated heterocycles. The molecule has 4 rings (SSSR count). The highest BCUT2D eigenvalue weighted by Crippen LogP contribution is 2.25. The molecular formula is C27H31ClF2N2O. The number of nitrogens with one attached hydrogen (secondary N) is 1. The third-order valence-electron chi connectivity index (χ3n) is 6.04. The van der Waals surface area contributed by atoms with Gasteiger partial charge in [0.25, 0.3) is 0 Å². The van der Waals surface area contributed by atoms with Crippen molar-refractivity contribution in [3.8, 4) is 0 Å². The fourth-order valence-electron chi connectivity index (χ4n) is 3.95. The molecule has 3 nitrogen and oxygen atoms in total. The SMILES string of the molecule is C=C(C(C)Cc1cccc(F)c1F)N1CCC(O)CC1.C=C(C)c1cc2cc(Cl)ccc2[nH]1. The Bertz CT molecular complexity index is 1130. The first kappa shape index (κ1) is 25.0. The molecule has 3 aromatic rings. The Balaban J connectivity index is 0.000000203.